The number of aliphatic hydroxyl groups excluding tert-OH is 1. The van der Waals surface area contributed by atoms with E-state index in [0.29, 0.717) is 43.9 Å². The van der Waals surface area contributed by atoms with Crippen molar-refractivity contribution in [3.8, 4) is 34.7 Å². The van der Waals surface area contributed by atoms with E-state index in [2.05, 4.69) is 56.0 Å². The third-order valence-corrected chi connectivity index (χ3v) is 18.0. The SMILES string of the molecule is CN=S(=O)(C1CC1)N1CC(CC#N)(n2cc(-c3ncnc4[nH]ccc34)cn2)C1.CN=S(=O)(C1CC1)N1CC(CC#N)(n2cc(-c3ncnc4c3ccn4C(=O)C(C)(C)C)cn2)C1.CO. The van der Waals surface area contributed by atoms with Gasteiger partial charge in [-0.15, -0.1) is 0 Å². The van der Waals surface area contributed by atoms with Crippen LogP contribution in [0.15, 0.2) is 70.7 Å². The van der Waals surface area contributed by atoms with E-state index in [0.717, 1.165) is 66.0 Å². The minimum Gasteiger partial charge on any atom is -0.400 e. The number of aromatic amines is 1. The Morgan fingerprint density at radius 2 is 1.28 bits per heavy atom. The Bertz CT molecular complexity index is 3050. The van der Waals surface area contributed by atoms with Gasteiger partial charge in [-0.3, -0.25) is 18.7 Å². The van der Waals surface area contributed by atoms with E-state index in [1.54, 1.807) is 41.9 Å². The second kappa shape index (κ2) is 16.9. The molecule has 20 nitrogen and oxygen atoms in total. The van der Waals surface area contributed by atoms with Crippen molar-refractivity contribution in [2.75, 3.05) is 47.4 Å². The quantitative estimate of drug-likeness (QED) is 0.191. The number of aromatic nitrogens is 10. The fourth-order valence-electron chi connectivity index (χ4n) is 8.48. The zero-order valence-electron chi connectivity index (χ0n) is 36.7. The predicted molar refractivity (Wildman–Crippen MR) is 241 cm³/mol. The molecular formula is C42H52N16O4S2. The lowest BCUT2D eigenvalue weighted by Crippen LogP contribution is -2.64. The average molecular weight is 909 g/mol. The van der Waals surface area contributed by atoms with Crippen LogP contribution in [0.25, 0.3) is 44.6 Å². The number of H-pyrrole nitrogens is 1. The van der Waals surface area contributed by atoms with E-state index in [1.807, 2.05) is 64.8 Å². The summed E-state index contributed by atoms with van der Waals surface area (Å²) in [5.74, 6) is -0.0500. The second-order valence-electron chi connectivity index (χ2n) is 17.6. The maximum atomic E-state index is 13.3. The van der Waals surface area contributed by atoms with Crippen molar-refractivity contribution in [1.29, 1.82) is 10.5 Å². The molecule has 2 N–H and O–H groups in total. The van der Waals surface area contributed by atoms with Gasteiger partial charge in [0.1, 0.15) is 49.2 Å². The molecule has 8 heterocycles. The smallest absolute Gasteiger partial charge is 0.237 e. The first kappa shape index (κ1) is 44.7. The van der Waals surface area contributed by atoms with Crippen molar-refractivity contribution in [1.82, 2.24) is 57.7 Å². The number of rotatable bonds is 10. The zero-order chi connectivity index (χ0) is 45.7. The molecule has 0 spiro atoms. The van der Waals surface area contributed by atoms with Crippen LogP contribution in [0.5, 0.6) is 0 Å². The standard InChI is InChI=1S/C23H28N8O2S.C18H20N8OS.CH4O/c1-22(2,3)21(32)30-10-7-18-19(26-15-27-20(18)30)16-11-28-31(12-16)23(8-9-24)13-29(14-23)34(33,25-4)17-5-6-17;1-20-28(27,14-2-3-14)25-10-18(11-25,5-6-19)26-9-13(8-24-26)16-15-4-7-21-17(15)23-12-22-16;1-2/h7,10-12,15,17H,5-6,8,13-14H2,1-4H3;4,7-9,12,14H,2-3,5,10-11H2,1H3,(H,21,22,23);2H,1H3. The van der Waals surface area contributed by atoms with Gasteiger partial charge in [0.2, 0.25) is 5.91 Å². The van der Waals surface area contributed by atoms with E-state index < -0.39 is 36.3 Å². The molecule has 2 atom stereocenters. The van der Waals surface area contributed by atoms with Crippen LogP contribution in [0, 0.1) is 28.1 Å². The largest absolute Gasteiger partial charge is 0.400 e. The molecule has 0 amide bonds. The van der Waals surface area contributed by atoms with E-state index in [1.165, 1.54) is 12.7 Å². The second-order valence-corrected chi connectivity index (χ2v) is 22.8. The molecule has 22 heteroatoms. The summed E-state index contributed by atoms with van der Waals surface area (Å²) in [6.07, 6.45) is 18.2. The van der Waals surface area contributed by atoms with Gasteiger partial charge in [0.25, 0.3) is 0 Å². The molecule has 4 fully saturated rings. The highest BCUT2D eigenvalue weighted by molar-refractivity contribution is 7.92. The summed E-state index contributed by atoms with van der Waals surface area (Å²) in [4.78, 5) is 33.4. The van der Waals surface area contributed by atoms with Crippen LogP contribution in [0.2, 0.25) is 0 Å². The first-order valence-electron chi connectivity index (χ1n) is 21.0. The van der Waals surface area contributed by atoms with Crippen molar-refractivity contribution in [3.05, 3.63) is 62.0 Å². The topological polar surface area (TPSA) is 258 Å². The van der Waals surface area contributed by atoms with Gasteiger partial charge in [0.05, 0.1) is 59.3 Å². The third-order valence-electron chi connectivity index (χ3n) is 12.3. The third kappa shape index (κ3) is 7.66. The van der Waals surface area contributed by atoms with Gasteiger partial charge in [-0.05, 0) is 37.8 Å². The molecule has 4 aliphatic rings. The summed E-state index contributed by atoms with van der Waals surface area (Å²) in [5.41, 5.74) is 2.83. The number of hydrogen-bond donors (Lipinski definition) is 2. The fourth-order valence-corrected chi connectivity index (χ4v) is 13.6. The summed E-state index contributed by atoms with van der Waals surface area (Å²) < 4.78 is 44.0. The number of nitrogens with one attached hydrogen (secondary N) is 1. The van der Waals surface area contributed by atoms with Crippen molar-refractivity contribution >= 4 is 47.8 Å². The predicted octanol–water partition coefficient (Wildman–Crippen LogP) is 4.61. The summed E-state index contributed by atoms with van der Waals surface area (Å²) >= 11 is 0. The lowest BCUT2D eigenvalue weighted by atomic mass is 9.89. The fraction of sp³-hybridized carbons (Fsp3) is 0.500. The molecule has 6 aromatic rings. The maximum absolute atomic E-state index is 13.3. The number of carbonyl (C=O) groups is 1. The van der Waals surface area contributed by atoms with Gasteiger partial charge in [-0.25, -0.2) is 45.7 Å². The molecule has 2 saturated heterocycles. The van der Waals surface area contributed by atoms with Gasteiger partial charge in [0, 0.05) is 99.5 Å². The molecule has 0 bridgehead atoms. The lowest BCUT2D eigenvalue weighted by Gasteiger charge is -2.49. The zero-order valence-corrected chi connectivity index (χ0v) is 38.3. The van der Waals surface area contributed by atoms with Gasteiger partial charge in [0.15, 0.2) is 5.65 Å². The molecule has 2 unspecified atom stereocenters. The first-order chi connectivity index (χ1) is 30.7. The van der Waals surface area contributed by atoms with Crippen LogP contribution in [0.3, 0.4) is 0 Å². The summed E-state index contributed by atoms with van der Waals surface area (Å²) in [6.45, 7) is 7.56. The lowest BCUT2D eigenvalue weighted by molar-refractivity contribution is 0.0747. The summed E-state index contributed by atoms with van der Waals surface area (Å²) in [7, 11) is -0.514. The first-order valence-corrected chi connectivity index (χ1v) is 24.0. The highest BCUT2D eigenvalue weighted by Gasteiger charge is 2.54. The number of hydrogen-bond acceptors (Lipinski definition) is 14. The number of nitriles is 2. The van der Waals surface area contributed by atoms with E-state index in [9.17, 15) is 23.7 Å². The molecule has 2 aliphatic carbocycles. The maximum Gasteiger partial charge on any atom is 0.237 e. The Morgan fingerprint density at radius 1 is 0.797 bits per heavy atom. The van der Waals surface area contributed by atoms with Crippen LogP contribution in [0.4, 0.5) is 0 Å². The number of carbonyl (C=O) groups excluding carboxylic acids is 1. The van der Waals surface area contributed by atoms with E-state index in [-0.39, 0.29) is 22.8 Å². The molecular weight excluding hydrogens is 857 g/mol. The Morgan fingerprint density at radius 3 is 1.73 bits per heavy atom. The normalized spacial score (nSPS) is 19.8. The Hall–Kier alpha value is -5.91. The van der Waals surface area contributed by atoms with Crippen LogP contribution in [0.1, 0.15) is 64.1 Å². The molecule has 0 aromatic carbocycles. The van der Waals surface area contributed by atoms with Crippen LogP contribution >= 0.6 is 0 Å². The minimum atomic E-state index is -2.41. The highest BCUT2D eigenvalue weighted by atomic mass is 32.2. The molecule has 6 aromatic heterocycles. The van der Waals surface area contributed by atoms with Crippen LogP contribution in [-0.4, -0.2) is 135 Å². The van der Waals surface area contributed by atoms with Gasteiger partial charge in [-0.1, -0.05) is 20.8 Å². The number of fused-ring (bicyclic) bond motifs is 2. The Labute approximate surface area is 372 Å². The van der Waals surface area contributed by atoms with Gasteiger partial charge in [-0.2, -0.15) is 20.7 Å². The summed E-state index contributed by atoms with van der Waals surface area (Å²) in [6, 6.07) is 8.33. The average Bonchev–Trinajstić information content (AvgIpc) is 4.07. The number of nitrogens with zero attached hydrogens (tertiary/aromatic N) is 15. The van der Waals surface area contributed by atoms with Crippen LogP contribution < -0.4 is 0 Å². The van der Waals surface area contributed by atoms with Gasteiger partial charge >= 0.3 is 0 Å². The molecule has 2 aliphatic heterocycles. The van der Waals surface area contributed by atoms with Crippen molar-refractivity contribution in [3.63, 3.8) is 0 Å². The molecule has 2 saturated carbocycles. The molecule has 336 valence electrons. The Balaban J connectivity index is 0.000000171. The van der Waals surface area contributed by atoms with E-state index >= 15 is 0 Å². The molecule has 10 rings (SSSR count). The molecule has 64 heavy (non-hydrogen) atoms. The van der Waals surface area contributed by atoms with Crippen molar-refractivity contribution in [2.45, 2.75) is 80.9 Å². The minimum absolute atomic E-state index is 0.0500. The molecule has 0 radical (unpaired) electrons. The van der Waals surface area contributed by atoms with Crippen molar-refractivity contribution < 1.29 is 18.3 Å². The Kier molecular flexibility index (Phi) is 11.8. The number of aliphatic hydroxyl groups is 1. The highest BCUT2D eigenvalue weighted by Crippen LogP contribution is 2.43. The van der Waals surface area contributed by atoms with E-state index in [4.69, 9.17) is 5.11 Å². The monoisotopic (exact) mass is 908 g/mol. The van der Waals surface area contributed by atoms with Crippen molar-refractivity contribution in [2.24, 2.45) is 14.1 Å². The summed E-state index contributed by atoms with van der Waals surface area (Å²) in [5, 5.41) is 37.0. The van der Waals surface area contributed by atoms with Crippen LogP contribution in [-0.2, 0) is 30.9 Å². The van der Waals surface area contributed by atoms with Gasteiger partial charge < -0.3 is 10.1 Å².